The van der Waals surface area contributed by atoms with Crippen molar-refractivity contribution in [3.8, 4) is 0 Å². The highest BCUT2D eigenvalue weighted by molar-refractivity contribution is 5.76. The maximum Gasteiger partial charge on any atom is 0.185 e. The Bertz CT molecular complexity index is 542. The van der Waals surface area contributed by atoms with Crippen LogP contribution in [0.15, 0.2) is 36.8 Å². The molecule has 0 spiro atoms. The van der Waals surface area contributed by atoms with Gasteiger partial charge in [0.2, 0.25) is 0 Å². The van der Waals surface area contributed by atoms with Gasteiger partial charge in [0, 0.05) is 24.7 Å². The molecule has 1 aliphatic rings. The summed E-state index contributed by atoms with van der Waals surface area (Å²) >= 11 is 0. The Hall–Kier alpha value is -2.21. The smallest absolute Gasteiger partial charge is 0.185 e. The number of likely N-dealkylation sites (tertiary alicyclic amines) is 1. The van der Waals surface area contributed by atoms with E-state index in [4.69, 9.17) is 11.1 Å². The number of para-hydroxylation sites is 1. The summed E-state index contributed by atoms with van der Waals surface area (Å²) in [5, 5.41) is 11.0. The van der Waals surface area contributed by atoms with Crippen molar-refractivity contribution in [2.45, 2.75) is 32.1 Å². The Morgan fingerprint density at radius 3 is 2.54 bits per heavy atom. The maximum absolute atomic E-state index is 7.04. The molecule has 1 fully saturated rings. The lowest BCUT2D eigenvalue weighted by Crippen LogP contribution is -2.38. The van der Waals surface area contributed by atoms with E-state index in [1.54, 1.807) is 6.33 Å². The number of hydrogen-bond acceptors (Lipinski definition) is 4. The van der Waals surface area contributed by atoms with Gasteiger partial charge in [-0.1, -0.05) is 37.5 Å². The molecule has 0 radical (unpaired) electrons. The van der Waals surface area contributed by atoms with Crippen molar-refractivity contribution in [1.82, 2.24) is 20.2 Å². The summed E-state index contributed by atoms with van der Waals surface area (Å²) in [6, 6.07) is 7.91. The highest BCUT2D eigenvalue weighted by Crippen LogP contribution is 2.09. The van der Waals surface area contributed by atoms with Gasteiger partial charge >= 0.3 is 0 Å². The third kappa shape index (κ3) is 6.91. The lowest BCUT2D eigenvalue weighted by Gasteiger charge is -2.24. The third-order valence-corrected chi connectivity index (χ3v) is 4.11. The van der Waals surface area contributed by atoms with Crippen LogP contribution in [0.5, 0.6) is 0 Å². The van der Waals surface area contributed by atoms with Gasteiger partial charge in [0.15, 0.2) is 5.96 Å². The fourth-order valence-electron chi connectivity index (χ4n) is 2.81. The predicted molar refractivity (Wildman–Crippen MR) is 99.0 cm³/mol. The molecule has 0 unspecified atom stereocenters. The second-order valence-corrected chi connectivity index (χ2v) is 6.03. The van der Waals surface area contributed by atoms with E-state index in [0.29, 0.717) is 0 Å². The Balaban J connectivity index is 0.000000182. The fraction of sp³-hybridized carbons (Fsp3) is 0.500. The van der Waals surface area contributed by atoms with E-state index in [1.165, 1.54) is 45.2 Å². The van der Waals surface area contributed by atoms with Gasteiger partial charge in [0.05, 0.1) is 5.52 Å². The van der Waals surface area contributed by atoms with Crippen LogP contribution < -0.4 is 11.1 Å². The number of benzene rings is 1. The van der Waals surface area contributed by atoms with E-state index >= 15 is 0 Å². The minimum absolute atomic E-state index is 0.0806. The Morgan fingerprint density at radius 2 is 1.83 bits per heavy atom. The summed E-state index contributed by atoms with van der Waals surface area (Å²) in [6.07, 6.45) is 10.2. The van der Waals surface area contributed by atoms with Crippen molar-refractivity contribution in [2.75, 3.05) is 26.2 Å². The molecular formula is C18H28N6. The first-order valence-corrected chi connectivity index (χ1v) is 8.71. The van der Waals surface area contributed by atoms with Gasteiger partial charge in [-0.3, -0.25) is 5.41 Å². The molecule has 1 aromatic carbocycles. The zero-order valence-corrected chi connectivity index (χ0v) is 14.2. The minimum Gasteiger partial charge on any atom is -0.370 e. The lowest BCUT2D eigenvalue weighted by molar-refractivity contribution is 0.251. The summed E-state index contributed by atoms with van der Waals surface area (Å²) < 4.78 is 0. The van der Waals surface area contributed by atoms with Gasteiger partial charge in [-0.05, 0) is 32.0 Å². The average Bonchev–Trinajstić information content (AvgIpc) is 2.57. The molecular weight excluding hydrogens is 300 g/mol. The van der Waals surface area contributed by atoms with Crippen molar-refractivity contribution in [2.24, 2.45) is 5.73 Å². The minimum atomic E-state index is 0.0806. The van der Waals surface area contributed by atoms with Crippen molar-refractivity contribution in [1.29, 1.82) is 5.41 Å². The molecule has 0 bridgehead atoms. The van der Waals surface area contributed by atoms with Gasteiger partial charge in [-0.2, -0.15) is 0 Å². The topological polar surface area (TPSA) is 90.9 Å². The van der Waals surface area contributed by atoms with E-state index in [1.807, 2.05) is 30.5 Å². The van der Waals surface area contributed by atoms with Crippen molar-refractivity contribution >= 4 is 16.9 Å². The molecule has 0 aliphatic carbocycles. The SMILES string of the molecule is N=C(N)NCCN1CCCCCCC1.c1ccc2ncncc2c1. The molecule has 1 aliphatic heterocycles. The molecule has 130 valence electrons. The largest absolute Gasteiger partial charge is 0.370 e. The zero-order valence-electron chi connectivity index (χ0n) is 14.2. The summed E-state index contributed by atoms with van der Waals surface area (Å²) in [6.45, 7) is 4.23. The first-order chi connectivity index (χ1) is 11.8. The second kappa shape index (κ2) is 10.5. The molecule has 1 saturated heterocycles. The van der Waals surface area contributed by atoms with Crippen LogP contribution in [0.1, 0.15) is 32.1 Å². The average molecular weight is 328 g/mol. The summed E-state index contributed by atoms with van der Waals surface area (Å²) in [4.78, 5) is 10.4. The number of fused-ring (bicyclic) bond motifs is 1. The van der Waals surface area contributed by atoms with Crippen molar-refractivity contribution < 1.29 is 0 Å². The first-order valence-electron chi connectivity index (χ1n) is 8.71. The van der Waals surface area contributed by atoms with Gasteiger partial charge in [0.1, 0.15) is 6.33 Å². The molecule has 24 heavy (non-hydrogen) atoms. The molecule has 6 heteroatoms. The molecule has 3 rings (SSSR count). The molecule has 6 nitrogen and oxygen atoms in total. The Morgan fingerprint density at radius 1 is 1.12 bits per heavy atom. The molecule has 1 aromatic heterocycles. The summed E-state index contributed by atoms with van der Waals surface area (Å²) in [5.41, 5.74) is 6.22. The zero-order chi connectivity index (χ0) is 17.0. The highest BCUT2D eigenvalue weighted by Gasteiger charge is 2.06. The van der Waals surface area contributed by atoms with E-state index in [-0.39, 0.29) is 5.96 Å². The van der Waals surface area contributed by atoms with Crippen LogP contribution in [0.25, 0.3) is 10.9 Å². The highest BCUT2D eigenvalue weighted by atomic mass is 15.1. The fourth-order valence-corrected chi connectivity index (χ4v) is 2.81. The number of aromatic nitrogens is 2. The normalized spacial score (nSPS) is 15.7. The van der Waals surface area contributed by atoms with Crippen LogP contribution in [-0.4, -0.2) is 47.0 Å². The molecule has 0 saturated carbocycles. The maximum atomic E-state index is 7.04. The third-order valence-electron chi connectivity index (χ3n) is 4.11. The van der Waals surface area contributed by atoms with Crippen molar-refractivity contribution in [3.63, 3.8) is 0 Å². The number of nitrogens with two attached hydrogens (primary N) is 1. The van der Waals surface area contributed by atoms with Gasteiger partial charge < -0.3 is 16.0 Å². The standard InChI is InChI=1S/C10H22N4.C8H6N2/c11-10(12)13-6-9-14-7-4-2-1-3-5-8-14;1-2-4-8-7(3-1)5-9-6-10-8/h1-9H2,(H4,11,12,13);1-6H. The molecule has 2 aromatic rings. The van der Waals surface area contributed by atoms with Crippen LogP contribution in [0.4, 0.5) is 0 Å². The quantitative estimate of drug-likeness (QED) is 0.594. The van der Waals surface area contributed by atoms with Gasteiger partial charge in [-0.25, -0.2) is 9.97 Å². The number of guanidine groups is 1. The number of nitrogens with zero attached hydrogens (tertiary/aromatic N) is 3. The number of hydrogen-bond donors (Lipinski definition) is 3. The van der Waals surface area contributed by atoms with Crippen LogP contribution in [0, 0.1) is 5.41 Å². The summed E-state index contributed by atoms with van der Waals surface area (Å²) in [5.74, 6) is 0.0806. The Labute approximate surface area is 144 Å². The monoisotopic (exact) mass is 328 g/mol. The van der Waals surface area contributed by atoms with Crippen LogP contribution in [-0.2, 0) is 0 Å². The Kier molecular flexibility index (Phi) is 7.97. The van der Waals surface area contributed by atoms with E-state index < -0.39 is 0 Å². The second-order valence-electron chi connectivity index (χ2n) is 6.03. The van der Waals surface area contributed by atoms with Crippen LogP contribution in [0.2, 0.25) is 0 Å². The molecule has 0 atom stereocenters. The number of nitrogens with one attached hydrogen (secondary N) is 2. The van der Waals surface area contributed by atoms with E-state index in [0.717, 1.165) is 24.0 Å². The summed E-state index contributed by atoms with van der Waals surface area (Å²) in [7, 11) is 0. The predicted octanol–water partition coefficient (Wildman–Crippen LogP) is 2.37. The molecule has 4 N–H and O–H groups in total. The van der Waals surface area contributed by atoms with E-state index in [9.17, 15) is 0 Å². The van der Waals surface area contributed by atoms with Crippen LogP contribution >= 0.6 is 0 Å². The number of rotatable bonds is 3. The van der Waals surface area contributed by atoms with Crippen molar-refractivity contribution in [3.05, 3.63) is 36.8 Å². The van der Waals surface area contributed by atoms with Crippen LogP contribution in [0.3, 0.4) is 0 Å². The first kappa shape index (κ1) is 18.1. The van der Waals surface area contributed by atoms with E-state index in [2.05, 4.69) is 20.2 Å². The lowest BCUT2D eigenvalue weighted by atomic mass is 10.1. The molecule has 2 heterocycles. The molecule has 0 amide bonds. The van der Waals surface area contributed by atoms with Gasteiger partial charge in [0.25, 0.3) is 0 Å². The van der Waals surface area contributed by atoms with Gasteiger partial charge in [-0.15, -0.1) is 0 Å².